The monoisotopic (exact) mass is 254 g/mol. The summed E-state index contributed by atoms with van der Waals surface area (Å²) in [6.07, 6.45) is 0.0177. The van der Waals surface area contributed by atoms with Crippen LogP contribution in [-0.2, 0) is 4.74 Å². The maximum atomic E-state index is 5.57. The van der Waals surface area contributed by atoms with Gasteiger partial charge in [-0.15, -0.1) is 0 Å². The molecule has 0 saturated heterocycles. The van der Waals surface area contributed by atoms with E-state index >= 15 is 0 Å². The van der Waals surface area contributed by atoms with Crippen LogP contribution >= 0.6 is 15.9 Å². The first-order chi connectivity index (χ1) is 6.81. The predicted octanol–water partition coefficient (Wildman–Crippen LogP) is 1.88. The summed E-state index contributed by atoms with van der Waals surface area (Å²) in [5, 5.41) is 0. The van der Waals surface area contributed by atoms with Crippen LogP contribution in [0, 0.1) is 0 Å². The average Bonchev–Trinajstić information content (AvgIpc) is 2.67. The Balaban J connectivity index is 2.16. The molecule has 74 valence electrons. The third-order valence-electron chi connectivity index (χ3n) is 2.14. The van der Waals surface area contributed by atoms with Crippen LogP contribution in [0.1, 0.15) is 11.7 Å². The topological polar surface area (TPSA) is 47.6 Å². The molecule has 0 amide bonds. The number of ether oxygens (including phenoxy) is 1. The highest BCUT2D eigenvalue weighted by molar-refractivity contribution is 9.10. The van der Waals surface area contributed by atoms with Gasteiger partial charge in [0.2, 0.25) is 0 Å². The Morgan fingerprint density at radius 2 is 2.29 bits per heavy atom. The molecule has 1 aromatic rings. The van der Waals surface area contributed by atoms with Gasteiger partial charge in [-0.3, -0.25) is 4.99 Å². The van der Waals surface area contributed by atoms with Crippen LogP contribution in [0.25, 0.3) is 0 Å². The van der Waals surface area contributed by atoms with Gasteiger partial charge >= 0.3 is 0 Å². The quantitative estimate of drug-likeness (QED) is 0.877. The molecule has 1 aliphatic heterocycles. The molecule has 0 aromatic heterocycles. The molecule has 0 fully saturated rings. The molecule has 1 unspecified atom stereocenters. The summed E-state index contributed by atoms with van der Waals surface area (Å²) in [7, 11) is 0. The number of rotatable bonds is 2. The molecule has 0 bridgehead atoms. The van der Waals surface area contributed by atoms with E-state index in [4.69, 9.17) is 10.5 Å². The van der Waals surface area contributed by atoms with Gasteiger partial charge < -0.3 is 10.5 Å². The minimum atomic E-state index is 0.0177. The Kier molecular flexibility index (Phi) is 2.84. The molecule has 1 aliphatic rings. The fourth-order valence-electron chi connectivity index (χ4n) is 1.43. The van der Waals surface area contributed by atoms with Crippen molar-refractivity contribution in [1.82, 2.24) is 0 Å². The fourth-order valence-corrected chi connectivity index (χ4v) is 1.97. The van der Waals surface area contributed by atoms with Crippen molar-refractivity contribution in [1.29, 1.82) is 0 Å². The molecule has 0 aliphatic carbocycles. The minimum absolute atomic E-state index is 0.0177. The van der Waals surface area contributed by atoms with Gasteiger partial charge in [0.05, 0.1) is 13.1 Å². The summed E-state index contributed by atoms with van der Waals surface area (Å²) in [6, 6.07) is 8.00. The van der Waals surface area contributed by atoms with Crippen molar-refractivity contribution in [3.63, 3.8) is 0 Å². The van der Waals surface area contributed by atoms with Crippen LogP contribution in [0.4, 0.5) is 0 Å². The normalized spacial score (nSPS) is 20.4. The number of hydrogen-bond donors (Lipinski definition) is 1. The lowest BCUT2D eigenvalue weighted by atomic mass is 10.1. The number of hydrogen-bond acceptors (Lipinski definition) is 3. The molecule has 0 radical (unpaired) electrons. The van der Waals surface area contributed by atoms with Crippen LogP contribution in [0.2, 0.25) is 0 Å². The number of benzene rings is 1. The van der Waals surface area contributed by atoms with Crippen LogP contribution in [0.15, 0.2) is 33.7 Å². The van der Waals surface area contributed by atoms with E-state index in [9.17, 15) is 0 Å². The summed E-state index contributed by atoms with van der Waals surface area (Å²) in [5.41, 5.74) is 6.57. The van der Waals surface area contributed by atoms with E-state index in [1.807, 2.05) is 24.3 Å². The molecule has 1 aromatic carbocycles. The molecule has 3 nitrogen and oxygen atoms in total. The van der Waals surface area contributed by atoms with Gasteiger partial charge in [-0.2, -0.15) is 0 Å². The van der Waals surface area contributed by atoms with Crippen LogP contribution < -0.4 is 5.73 Å². The Labute approximate surface area is 91.1 Å². The van der Waals surface area contributed by atoms with Gasteiger partial charge in [0.15, 0.2) is 5.90 Å². The van der Waals surface area contributed by atoms with Gasteiger partial charge in [-0.25, -0.2) is 0 Å². The molecule has 4 heteroatoms. The number of aliphatic imine (C=N–C) groups is 1. The first-order valence-electron chi connectivity index (χ1n) is 4.45. The van der Waals surface area contributed by atoms with Crippen molar-refractivity contribution >= 4 is 21.8 Å². The maximum absolute atomic E-state index is 5.57. The lowest BCUT2D eigenvalue weighted by molar-refractivity contribution is 0.225. The molecule has 0 spiro atoms. The number of nitrogens with zero attached hydrogens (tertiary/aromatic N) is 1. The van der Waals surface area contributed by atoms with E-state index in [-0.39, 0.29) is 6.10 Å². The molecule has 2 rings (SSSR count). The third kappa shape index (κ3) is 1.81. The Hall–Kier alpha value is -0.870. The van der Waals surface area contributed by atoms with E-state index in [1.165, 1.54) is 0 Å². The van der Waals surface area contributed by atoms with Gasteiger partial charge in [-0.1, -0.05) is 34.1 Å². The second-order valence-electron chi connectivity index (χ2n) is 3.07. The van der Waals surface area contributed by atoms with E-state index in [0.717, 1.165) is 10.0 Å². The van der Waals surface area contributed by atoms with Crippen LogP contribution in [-0.4, -0.2) is 19.0 Å². The smallest absolute Gasteiger partial charge is 0.198 e. The first-order valence-corrected chi connectivity index (χ1v) is 5.25. The summed E-state index contributed by atoms with van der Waals surface area (Å²) in [4.78, 5) is 4.20. The highest BCUT2D eigenvalue weighted by atomic mass is 79.9. The molecule has 1 heterocycles. The second-order valence-corrected chi connectivity index (χ2v) is 3.92. The second kappa shape index (κ2) is 4.11. The van der Waals surface area contributed by atoms with Crippen molar-refractivity contribution in [2.45, 2.75) is 6.10 Å². The van der Waals surface area contributed by atoms with Gasteiger partial charge in [0, 0.05) is 10.0 Å². The molecular formula is C10H11BrN2O. The lowest BCUT2D eigenvalue weighted by Crippen LogP contribution is -2.15. The average molecular weight is 255 g/mol. The Bertz CT molecular complexity index is 365. The van der Waals surface area contributed by atoms with Crippen LogP contribution in [0.3, 0.4) is 0 Å². The van der Waals surface area contributed by atoms with Crippen molar-refractivity contribution in [2.24, 2.45) is 10.7 Å². The summed E-state index contributed by atoms with van der Waals surface area (Å²) in [6.45, 7) is 1.04. The van der Waals surface area contributed by atoms with Crippen molar-refractivity contribution in [3.05, 3.63) is 34.3 Å². The fraction of sp³-hybridized carbons (Fsp3) is 0.300. The van der Waals surface area contributed by atoms with Gasteiger partial charge in [0.25, 0.3) is 0 Å². The minimum Gasteiger partial charge on any atom is -0.470 e. The number of nitrogens with two attached hydrogens (primary N) is 1. The summed E-state index contributed by atoms with van der Waals surface area (Å²) in [5.74, 6) is 0.644. The maximum Gasteiger partial charge on any atom is 0.198 e. The van der Waals surface area contributed by atoms with E-state index < -0.39 is 0 Å². The van der Waals surface area contributed by atoms with Crippen LogP contribution in [0.5, 0.6) is 0 Å². The van der Waals surface area contributed by atoms with E-state index in [2.05, 4.69) is 20.9 Å². The largest absolute Gasteiger partial charge is 0.470 e. The summed E-state index contributed by atoms with van der Waals surface area (Å²) < 4.78 is 6.63. The first kappa shape index (κ1) is 9.68. The van der Waals surface area contributed by atoms with Gasteiger partial charge in [-0.05, 0) is 6.07 Å². The zero-order valence-corrected chi connectivity index (χ0v) is 9.20. The van der Waals surface area contributed by atoms with E-state index in [0.29, 0.717) is 19.0 Å². The van der Waals surface area contributed by atoms with Crippen molar-refractivity contribution in [2.75, 3.05) is 13.1 Å². The SMILES string of the molecule is NCC1=NCC(c2ccccc2Br)O1. The van der Waals surface area contributed by atoms with Gasteiger partial charge in [0.1, 0.15) is 6.10 Å². The highest BCUT2D eigenvalue weighted by Gasteiger charge is 2.21. The molecule has 2 N–H and O–H groups in total. The zero-order valence-electron chi connectivity index (χ0n) is 7.61. The molecule has 14 heavy (non-hydrogen) atoms. The van der Waals surface area contributed by atoms with E-state index in [1.54, 1.807) is 0 Å². The standard InChI is InChI=1S/C10H11BrN2O/c11-8-4-2-1-3-7(8)9-6-13-10(5-12)14-9/h1-4,9H,5-6,12H2. The highest BCUT2D eigenvalue weighted by Crippen LogP contribution is 2.28. The molecule has 0 saturated carbocycles. The van der Waals surface area contributed by atoms with Crippen molar-refractivity contribution in [3.8, 4) is 0 Å². The lowest BCUT2D eigenvalue weighted by Gasteiger charge is -2.12. The Morgan fingerprint density at radius 3 is 2.93 bits per heavy atom. The summed E-state index contributed by atoms with van der Waals surface area (Å²) >= 11 is 3.49. The number of halogens is 1. The van der Waals surface area contributed by atoms with Crippen molar-refractivity contribution < 1.29 is 4.74 Å². The third-order valence-corrected chi connectivity index (χ3v) is 2.86. The molecule has 1 atom stereocenters. The predicted molar refractivity (Wildman–Crippen MR) is 59.3 cm³/mol. The zero-order chi connectivity index (χ0) is 9.97. The molecular weight excluding hydrogens is 244 g/mol. The Morgan fingerprint density at radius 1 is 1.50 bits per heavy atom.